The number of halogens is 3. The van der Waals surface area contributed by atoms with Gasteiger partial charge in [-0.15, -0.1) is 0 Å². The van der Waals surface area contributed by atoms with Crippen LogP contribution in [-0.2, 0) is 6.18 Å². The lowest BCUT2D eigenvalue weighted by atomic mass is 10.1. The third-order valence-corrected chi connectivity index (χ3v) is 5.09. The molecule has 30 heavy (non-hydrogen) atoms. The second-order valence-electron chi connectivity index (χ2n) is 6.60. The minimum absolute atomic E-state index is 0.266. The number of thioether (sulfide) groups is 1. The highest BCUT2D eigenvalue weighted by atomic mass is 32.2. The van der Waals surface area contributed by atoms with Gasteiger partial charge in [-0.1, -0.05) is 24.3 Å². The number of amides is 1. The number of aryl methyl sites for hydroxylation is 1. The summed E-state index contributed by atoms with van der Waals surface area (Å²) in [5, 5.41) is 2.43. The molecule has 0 bridgehead atoms. The molecule has 1 fully saturated rings. The van der Waals surface area contributed by atoms with Gasteiger partial charge in [0.2, 0.25) is 0 Å². The topological polar surface area (TPSA) is 54.6 Å². The van der Waals surface area contributed by atoms with Gasteiger partial charge in [-0.25, -0.2) is 4.99 Å². The standard InChI is InChI=1S/C22H15F3N2O2S/c1-13-4-2-7-16(10-13)26-20-19(30-21(28)27-20)12-17-8-9-18(29-17)14-5-3-6-15(11-14)22(23,24)25/h2-12H,1H3,(H,26,27,28). The van der Waals surface area contributed by atoms with Crippen LogP contribution in [0.3, 0.4) is 0 Å². The lowest BCUT2D eigenvalue weighted by molar-refractivity contribution is -0.137. The second kappa shape index (κ2) is 7.87. The van der Waals surface area contributed by atoms with Crippen molar-refractivity contribution >= 4 is 34.6 Å². The fraction of sp³-hybridized carbons (Fsp3) is 0.0909. The molecule has 0 atom stereocenters. The fourth-order valence-corrected chi connectivity index (χ4v) is 3.62. The van der Waals surface area contributed by atoms with Gasteiger partial charge in [0.1, 0.15) is 17.4 Å². The van der Waals surface area contributed by atoms with E-state index >= 15 is 0 Å². The number of rotatable bonds is 3. The molecule has 8 heteroatoms. The monoisotopic (exact) mass is 428 g/mol. The van der Waals surface area contributed by atoms with E-state index in [1.807, 2.05) is 31.2 Å². The average molecular weight is 428 g/mol. The van der Waals surface area contributed by atoms with Gasteiger partial charge in [0, 0.05) is 5.56 Å². The van der Waals surface area contributed by atoms with Crippen LogP contribution in [0.25, 0.3) is 17.4 Å². The molecular formula is C22H15F3N2O2S. The van der Waals surface area contributed by atoms with Crippen molar-refractivity contribution in [2.75, 3.05) is 0 Å². The van der Waals surface area contributed by atoms with Crippen LogP contribution in [-0.4, -0.2) is 11.1 Å². The van der Waals surface area contributed by atoms with Gasteiger partial charge < -0.3 is 9.73 Å². The van der Waals surface area contributed by atoms with Crippen LogP contribution in [0.2, 0.25) is 0 Å². The Kier molecular flexibility index (Phi) is 5.26. The molecule has 0 saturated carbocycles. The first-order chi connectivity index (χ1) is 14.3. The van der Waals surface area contributed by atoms with Crippen LogP contribution >= 0.6 is 11.8 Å². The molecule has 0 radical (unpaired) electrons. The summed E-state index contributed by atoms with van der Waals surface area (Å²) in [4.78, 5) is 16.9. The predicted molar refractivity (Wildman–Crippen MR) is 112 cm³/mol. The zero-order valence-corrected chi connectivity index (χ0v) is 16.5. The maximum atomic E-state index is 12.9. The first-order valence-corrected chi connectivity index (χ1v) is 9.73. The quantitative estimate of drug-likeness (QED) is 0.499. The number of nitrogens with one attached hydrogen (secondary N) is 1. The van der Waals surface area contributed by atoms with Crippen LogP contribution in [0.4, 0.5) is 23.7 Å². The molecule has 3 aromatic rings. The molecule has 1 saturated heterocycles. The zero-order chi connectivity index (χ0) is 21.3. The van der Waals surface area contributed by atoms with E-state index in [1.165, 1.54) is 6.07 Å². The van der Waals surface area contributed by atoms with Gasteiger partial charge in [0.05, 0.1) is 16.2 Å². The molecule has 0 spiro atoms. The average Bonchev–Trinajstić information content (AvgIpc) is 3.28. The van der Waals surface area contributed by atoms with E-state index in [0.717, 1.165) is 29.5 Å². The molecule has 152 valence electrons. The fourth-order valence-electron chi connectivity index (χ4n) is 2.90. The Morgan fingerprint density at radius 1 is 1.07 bits per heavy atom. The summed E-state index contributed by atoms with van der Waals surface area (Å²) >= 11 is 0.974. The first kappa shape index (κ1) is 20.0. The molecule has 4 rings (SSSR count). The molecule has 4 nitrogen and oxygen atoms in total. The summed E-state index contributed by atoms with van der Waals surface area (Å²) < 4.78 is 44.5. The third kappa shape index (κ3) is 4.49. The summed E-state index contributed by atoms with van der Waals surface area (Å²) in [6.07, 6.45) is -2.80. The smallest absolute Gasteiger partial charge is 0.416 e. The van der Waals surface area contributed by atoms with Crippen molar-refractivity contribution in [3.8, 4) is 11.3 Å². The molecule has 1 aliphatic heterocycles. The molecule has 1 aromatic heterocycles. The molecule has 0 aliphatic carbocycles. The number of carbonyl (C=O) groups is 1. The highest BCUT2D eigenvalue weighted by Gasteiger charge is 2.30. The number of amidine groups is 1. The Balaban J connectivity index is 1.64. The number of hydrogen-bond donors (Lipinski definition) is 1. The molecule has 2 aromatic carbocycles. The van der Waals surface area contributed by atoms with Gasteiger partial charge in [-0.05, 0) is 66.7 Å². The van der Waals surface area contributed by atoms with E-state index < -0.39 is 11.7 Å². The highest BCUT2D eigenvalue weighted by Crippen LogP contribution is 2.34. The van der Waals surface area contributed by atoms with Crippen molar-refractivity contribution in [1.82, 2.24) is 5.32 Å². The van der Waals surface area contributed by atoms with Crippen LogP contribution in [0.15, 0.2) is 75.0 Å². The number of nitrogens with zero attached hydrogens (tertiary/aromatic N) is 1. The van der Waals surface area contributed by atoms with Crippen molar-refractivity contribution in [2.24, 2.45) is 4.99 Å². The molecule has 1 N–H and O–H groups in total. The Morgan fingerprint density at radius 2 is 1.87 bits per heavy atom. The number of aliphatic imine (C=N–C) groups is 1. The van der Waals surface area contributed by atoms with E-state index in [-0.39, 0.29) is 5.24 Å². The Labute approximate surface area is 174 Å². The Morgan fingerprint density at radius 3 is 2.63 bits per heavy atom. The van der Waals surface area contributed by atoms with E-state index in [9.17, 15) is 18.0 Å². The predicted octanol–water partition coefficient (Wildman–Crippen LogP) is 6.80. The molecule has 1 aliphatic rings. The summed E-state index contributed by atoms with van der Waals surface area (Å²) in [6.45, 7) is 1.95. The largest absolute Gasteiger partial charge is 0.457 e. The number of benzene rings is 2. The van der Waals surface area contributed by atoms with Gasteiger partial charge in [0.25, 0.3) is 5.24 Å². The van der Waals surface area contributed by atoms with Crippen molar-refractivity contribution in [3.05, 3.63) is 82.5 Å². The van der Waals surface area contributed by atoms with Gasteiger partial charge in [-0.2, -0.15) is 13.2 Å². The van der Waals surface area contributed by atoms with Crippen LogP contribution in [0, 0.1) is 6.92 Å². The summed E-state index contributed by atoms with van der Waals surface area (Å²) in [7, 11) is 0. The van der Waals surface area contributed by atoms with E-state index in [2.05, 4.69) is 10.3 Å². The summed E-state index contributed by atoms with van der Waals surface area (Å²) in [6, 6.07) is 15.7. The van der Waals surface area contributed by atoms with Gasteiger partial charge >= 0.3 is 6.18 Å². The Hall–Kier alpha value is -3.26. The van der Waals surface area contributed by atoms with Crippen molar-refractivity contribution in [2.45, 2.75) is 13.1 Å². The maximum Gasteiger partial charge on any atom is 0.416 e. The SMILES string of the molecule is Cc1cccc(N=C2NC(=O)SC2=Cc2ccc(-c3cccc(C(F)(F)F)c3)o2)c1. The lowest BCUT2D eigenvalue weighted by Gasteiger charge is -2.07. The molecule has 2 heterocycles. The number of hydrogen-bond acceptors (Lipinski definition) is 4. The first-order valence-electron chi connectivity index (χ1n) is 8.92. The Bertz CT molecular complexity index is 1180. The molecule has 0 unspecified atom stereocenters. The van der Waals surface area contributed by atoms with Crippen molar-refractivity contribution in [3.63, 3.8) is 0 Å². The lowest BCUT2D eigenvalue weighted by Crippen LogP contribution is -2.18. The van der Waals surface area contributed by atoms with E-state index in [0.29, 0.717) is 33.5 Å². The minimum atomic E-state index is -4.43. The molecule has 1 amide bonds. The van der Waals surface area contributed by atoms with E-state index in [1.54, 1.807) is 24.3 Å². The van der Waals surface area contributed by atoms with Crippen LogP contribution in [0.5, 0.6) is 0 Å². The maximum absolute atomic E-state index is 12.9. The van der Waals surface area contributed by atoms with Crippen LogP contribution < -0.4 is 5.32 Å². The zero-order valence-electron chi connectivity index (χ0n) is 15.7. The highest BCUT2D eigenvalue weighted by molar-refractivity contribution is 8.18. The van der Waals surface area contributed by atoms with Crippen molar-refractivity contribution < 1.29 is 22.4 Å². The van der Waals surface area contributed by atoms with Crippen LogP contribution in [0.1, 0.15) is 16.9 Å². The van der Waals surface area contributed by atoms with Gasteiger partial charge in [0.15, 0.2) is 0 Å². The summed E-state index contributed by atoms with van der Waals surface area (Å²) in [5.74, 6) is 1.10. The normalized spacial score (nSPS) is 17.0. The van der Waals surface area contributed by atoms with Crippen molar-refractivity contribution in [1.29, 1.82) is 0 Å². The number of furan rings is 1. The van der Waals surface area contributed by atoms with E-state index in [4.69, 9.17) is 4.42 Å². The molecular weight excluding hydrogens is 413 g/mol. The number of carbonyl (C=O) groups excluding carboxylic acids is 1. The summed E-state index contributed by atoms with van der Waals surface area (Å²) in [5.41, 5.74) is 1.31. The second-order valence-corrected chi connectivity index (χ2v) is 7.62. The number of alkyl halides is 3. The minimum Gasteiger partial charge on any atom is -0.457 e. The third-order valence-electron chi connectivity index (χ3n) is 4.27. The van der Waals surface area contributed by atoms with Gasteiger partial charge in [-0.3, -0.25) is 4.79 Å².